The minimum atomic E-state index is -2.87. The fourth-order valence-electron chi connectivity index (χ4n) is 2.57. The highest BCUT2D eigenvalue weighted by molar-refractivity contribution is 5.93. The van der Waals surface area contributed by atoms with Crippen molar-refractivity contribution in [3.8, 4) is 17.0 Å². The van der Waals surface area contributed by atoms with E-state index in [0.717, 1.165) is 12.2 Å². The van der Waals surface area contributed by atoms with Crippen molar-refractivity contribution in [2.24, 2.45) is 0 Å². The fraction of sp³-hybridized carbons (Fsp3) is 0.278. The maximum atomic E-state index is 12.6. The predicted molar refractivity (Wildman–Crippen MR) is 94.4 cm³/mol. The van der Waals surface area contributed by atoms with E-state index in [4.69, 9.17) is 0 Å². The standard InChI is InChI=1S/C18H19F2N5O2/c1-3-25-9-8-13(23-25)11-24(2)17(26)16-10-15(21-22-16)12-4-6-14(7-5-12)27-18(19)20/h4-10,18H,3,11H2,1-2H3,(H,21,22). The molecule has 0 aliphatic rings. The number of hydrogen-bond acceptors (Lipinski definition) is 4. The second kappa shape index (κ2) is 7.98. The zero-order valence-electron chi connectivity index (χ0n) is 14.9. The number of aryl methyl sites for hydroxylation is 1. The monoisotopic (exact) mass is 375 g/mol. The van der Waals surface area contributed by atoms with Crippen molar-refractivity contribution >= 4 is 5.91 Å². The summed E-state index contributed by atoms with van der Waals surface area (Å²) < 4.78 is 30.5. The molecule has 1 amide bonds. The Kier molecular flexibility index (Phi) is 5.49. The molecule has 2 heterocycles. The van der Waals surface area contributed by atoms with Crippen LogP contribution >= 0.6 is 0 Å². The van der Waals surface area contributed by atoms with Gasteiger partial charge in [0.05, 0.1) is 17.9 Å². The number of nitrogens with one attached hydrogen (secondary N) is 1. The van der Waals surface area contributed by atoms with Gasteiger partial charge in [-0.3, -0.25) is 14.6 Å². The Morgan fingerprint density at radius 1 is 1.30 bits per heavy atom. The van der Waals surface area contributed by atoms with Crippen molar-refractivity contribution in [3.05, 3.63) is 54.0 Å². The minimum absolute atomic E-state index is 0.0619. The van der Waals surface area contributed by atoms with Crippen LogP contribution < -0.4 is 4.74 Å². The average molecular weight is 375 g/mol. The minimum Gasteiger partial charge on any atom is -0.435 e. The topological polar surface area (TPSA) is 76.0 Å². The molecule has 0 saturated carbocycles. The molecule has 0 radical (unpaired) electrons. The molecule has 0 aliphatic heterocycles. The normalized spacial score (nSPS) is 11.0. The molecule has 1 aromatic carbocycles. The largest absolute Gasteiger partial charge is 0.435 e. The quantitative estimate of drug-likeness (QED) is 0.688. The Balaban J connectivity index is 1.67. The number of amides is 1. The van der Waals surface area contributed by atoms with Crippen molar-refractivity contribution < 1.29 is 18.3 Å². The Bertz CT molecular complexity index is 905. The van der Waals surface area contributed by atoms with E-state index >= 15 is 0 Å². The Hall–Kier alpha value is -3.23. The number of aromatic amines is 1. The van der Waals surface area contributed by atoms with Gasteiger partial charge in [-0.15, -0.1) is 0 Å². The van der Waals surface area contributed by atoms with Gasteiger partial charge in [0.25, 0.3) is 5.91 Å². The van der Waals surface area contributed by atoms with E-state index in [1.54, 1.807) is 34.8 Å². The van der Waals surface area contributed by atoms with Crippen molar-refractivity contribution in [2.75, 3.05) is 7.05 Å². The third-order valence-electron chi connectivity index (χ3n) is 3.95. The Morgan fingerprint density at radius 2 is 2.04 bits per heavy atom. The molecule has 3 rings (SSSR count). The van der Waals surface area contributed by atoms with Gasteiger partial charge in [0.1, 0.15) is 11.4 Å². The summed E-state index contributed by atoms with van der Waals surface area (Å²) in [6.07, 6.45) is 1.86. The molecule has 0 spiro atoms. The molecule has 0 saturated heterocycles. The van der Waals surface area contributed by atoms with E-state index < -0.39 is 6.61 Å². The second-order valence-electron chi connectivity index (χ2n) is 5.89. The maximum Gasteiger partial charge on any atom is 0.387 e. The third-order valence-corrected chi connectivity index (χ3v) is 3.95. The first-order valence-electron chi connectivity index (χ1n) is 8.34. The SMILES string of the molecule is CCn1ccc(CN(C)C(=O)c2cc(-c3ccc(OC(F)F)cc3)n[nH]2)n1. The van der Waals surface area contributed by atoms with Gasteiger partial charge in [-0.25, -0.2) is 0 Å². The Labute approximate surface area is 154 Å². The number of carbonyl (C=O) groups excluding carboxylic acids is 1. The summed E-state index contributed by atoms with van der Waals surface area (Å²) >= 11 is 0. The molecule has 0 bridgehead atoms. The van der Waals surface area contributed by atoms with Crippen molar-refractivity contribution in [2.45, 2.75) is 26.6 Å². The number of alkyl halides is 2. The van der Waals surface area contributed by atoms with E-state index in [2.05, 4.69) is 20.0 Å². The van der Waals surface area contributed by atoms with Crippen LogP contribution in [0.15, 0.2) is 42.6 Å². The van der Waals surface area contributed by atoms with Gasteiger partial charge in [-0.2, -0.15) is 19.0 Å². The second-order valence-corrected chi connectivity index (χ2v) is 5.89. The van der Waals surface area contributed by atoms with Crippen LogP contribution in [0, 0.1) is 0 Å². The Morgan fingerprint density at radius 3 is 2.67 bits per heavy atom. The lowest BCUT2D eigenvalue weighted by atomic mass is 10.1. The zero-order valence-corrected chi connectivity index (χ0v) is 14.9. The van der Waals surface area contributed by atoms with Crippen molar-refractivity contribution in [3.63, 3.8) is 0 Å². The molecular formula is C18H19F2N5O2. The lowest BCUT2D eigenvalue weighted by Crippen LogP contribution is -2.26. The van der Waals surface area contributed by atoms with Crippen LogP contribution in [0.2, 0.25) is 0 Å². The molecule has 9 heteroatoms. The maximum absolute atomic E-state index is 12.6. The molecular weight excluding hydrogens is 356 g/mol. The van der Waals surface area contributed by atoms with Crippen LogP contribution in [-0.4, -0.2) is 44.4 Å². The zero-order chi connectivity index (χ0) is 19.4. The fourth-order valence-corrected chi connectivity index (χ4v) is 2.57. The van der Waals surface area contributed by atoms with Gasteiger partial charge in [0.15, 0.2) is 0 Å². The molecule has 142 valence electrons. The third kappa shape index (κ3) is 4.49. The van der Waals surface area contributed by atoms with Crippen LogP contribution in [0.3, 0.4) is 0 Å². The molecule has 0 fully saturated rings. The summed E-state index contributed by atoms with van der Waals surface area (Å²) in [6.45, 7) is 0.261. The highest BCUT2D eigenvalue weighted by atomic mass is 19.3. The molecule has 0 aliphatic carbocycles. The highest BCUT2D eigenvalue weighted by Crippen LogP contribution is 2.22. The van der Waals surface area contributed by atoms with Gasteiger partial charge in [-0.1, -0.05) is 0 Å². The number of H-pyrrole nitrogens is 1. The first-order valence-corrected chi connectivity index (χ1v) is 8.34. The van der Waals surface area contributed by atoms with Gasteiger partial charge in [-0.05, 0) is 43.3 Å². The van der Waals surface area contributed by atoms with Gasteiger partial charge in [0, 0.05) is 25.4 Å². The van der Waals surface area contributed by atoms with Crippen LogP contribution in [0.25, 0.3) is 11.3 Å². The number of rotatable bonds is 7. The van der Waals surface area contributed by atoms with E-state index in [1.807, 2.05) is 19.2 Å². The number of nitrogens with zero attached hydrogens (tertiary/aromatic N) is 4. The van der Waals surface area contributed by atoms with Crippen LogP contribution in [0.4, 0.5) is 8.78 Å². The molecule has 7 nitrogen and oxygen atoms in total. The number of halogens is 2. The number of hydrogen-bond donors (Lipinski definition) is 1. The first-order chi connectivity index (χ1) is 13.0. The van der Waals surface area contributed by atoms with Crippen LogP contribution in [0.5, 0.6) is 5.75 Å². The lowest BCUT2D eigenvalue weighted by Gasteiger charge is -2.14. The number of ether oxygens (including phenoxy) is 1. The first kappa shape index (κ1) is 18.6. The van der Waals surface area contributed by atoms with E-state index in [0.29, 0.717) is 23.5 Å². The van der Waals surface area contributed by atoms with Crippen molar-refractivity contribution in [1.29, 1.82) is 0 Å². The summed E-state index contributed by atoms with van der Waals surface area (Å²) in [6, 6.07) is 9.54. The number of carbonyl (C=O) groups is 1. The average Bonchev–Trinajstić information content (AvgIpc) is 3.30. The van der Waals surface area contributed by atoms with E-state index in [9.17, 15) is 13.6 Å². The molecule has 27 heavy (non-hydrogen) atoms. The number of benzene rings is 1. The van der Waals surface area contributed by atoms with Crippen molar-refractivity contribution in [1.82, 2.24) is 24.9 Å². The summed E-state index contributed by atoms with van der Waals surface area (Å²) in [4.78, 5) is 14.1. The van der Waals surface area contributed by atoms with E-state index in [1.165, 1.54) is 12.1 Å². The summed E-state index contributed by atoms with van der Waals surface area (Å²) in [5.74, 6) is -0.163. The highest BCUT2D eigenvalue weighted by Gasteiger charge is 2.17. The smallest absolute Gasteiger partial charge is 0.387 e. The molecule has 0 unspecified atom stereocenters. The molecule has 3 aromatic rings. The van der Waals surface area contributed by atoms with Gasteiger partial charge < -0.3 is 9.64 Å². The van der Waals surface area contributed by atoms with Crippen LogP contribution in [-0.2, 0) is 13.1 Å². The molecule has 1 N–H and O–H groups in total. The number of aromatic nitrogens is 4. The van der Waals surface area contributed by atoms with Crippen LogP contribution in [0.1, 0.15) is 23.1 Å². The van der Waals surface area contributed by atoms with Gasteiger partial charge >= 0.3 is 6.61 Å². The molecule has 0 atom stereocenters. The summed E-state index contributed by atoms with van der Waals surface area (Å²) in [7, 11) is 1.68. The van der Waals surface area contributed by atoms with E-state index in [-0.39, 0.29) is 11.7 Å². The predicted octanol–water partition coefficient (Wildman–Crippen LogP) is 3.17. The summed E-state index contributed by atoms with van der Waals surface area (Å²) in [5, 5.41) is 11.2. The lowest BCUT2D eigenvalue weighted by molar-refractivity contribution is -0.0498. The van der Waals surface area contributed by atoms with Gasteiger partial charge in [0.2, 0.25) is 0 Å². The summed E-state index contributed by atoms with van der Waals surface area (Å²) in [5.41, 5.74) is 2.33. The molecule has 2 aromatic heterocycles.